The third-order valence-corrected chi connectivity index (χ3v) is 3.84. The van der Waals surface area contributed by atoms with Gasteiger partial charge in [0.25, 0.3) is 0 Å². The van der Waals surface area contributed by atoms with Gasteiger partial charge in [-0.3, -0.25) is 4.79 Å². The van der Waals surface area contributed by atoms with E-state index in [1.54, 1.807) is 24.3 Å². The van der Waals surface area contributed by atoms with Gasteiger partial charge in [-0.15, -0.1) is 0 Å². The molecule has 104 valence electrons. The van der Waals surface area contributed by atoms with Crippen LogP contribution in [0.1, 0.15) is 42.3 Å². The molecule has 0 aliphatic heterocycles. The molecule has 3 heteroatoms. The summed E-state index contributed by atoms with van der Waals surface area (Å²) in [6.07, 6.45) is 0. The van der Waals surface area contributed by atoms with E-state index in [-0.39, 0.29) is 11.2 Å². The van der Waals surface area contributed by atoms with Crippen LogP contribution in [-0.4, -0.2) is 5.78 Å². The van der Waals surface area contributed by atoms with Gasteiger partial charge in [-0.25, -0.2) is 4.39 Å². The van der Waals surface area contributed by atoms with Gasteiger partial charge < -0.3 is 0 Å². The van der Waals surface area contributed by atoms with Gasteiger partial charge in [0.2, 0.25) is 0 Å². The van der Waals surface area contributed by atoms with E-state index < -0.39 is 5.82 Å². The molecule has 0 radical (unpaired) electrons. The minimum Gasteiger partial charge on any atom is -0.289 e. The van der Waals surface area contributed by atoms with Crippen molar-refractivity contribution < 1.29 is 9.18 Å². The average molecular weight is 335 g/mol. The predicted octanol–water partition coefficient (Wildman–Crippen LogP) is 5.12. The number of rotatable bonds is 2. The lowest BCUT2D eigenvalue weighted by atomic mass is 9.86. The number of benzene rings is 2. The average Bonchev–Trinajstić information content (AvgIpc) is 2.40. The maximum Gasteiger partial charge on any atom is 0.193 e. The van der Waals surface area contributed by atoms with Crippen LogP contribution in [-0.2, 0) is 5.41 Å². The number of ketones is 1. The van der Waals surface area contributed by atoms with E-state index in [1.165, 1.54) is 6.07 Å². The molecule has 0 heterocycles. The van der Waals surface area contributed by atoms with Crippen molar-refractivity contribution in [2.75, 3.05) is 0 Å². The first-order chi connectivity index (χ1) is 9.29. The molecule has 0 saturated carbocycles. The van der Waals surface area contributed by atoms with Crippen LogP contribution in [0.3, 0.4) is 0 Å². The summed E-state index contributed by atoms with van der Waals surface area (Å²) < 4.78 is 13.8. The van der Waals surface area contributed by atoms with Crippen LogP contribution < -0.4 is 0 Å². The van der Waals surface area contributed by atoms with Gasteiger partial charge in [0, 0.05) is 11.1 Å². The second-order valence-corrected chi connectivity index (χ2v) is 6.64. The van der Waals surface area contributed by atoms with Crippen LogP contribution in [0.5, 0.6) is 0 Å². The number of carbonyl (C=O) groups is 1. The monoisotopic (exact) mass is 334 g/mol. The highest BCUT2D eigenvalue weighted by atomic mass is 79.9. The van der Waals surface area contributed by atoms with Crippen LogP contribution >= 0.6 is 15.9 Å². The van der Waals surface area contributed by atoms with Crippen molar-refractivity contribution in [3.63, 3.8) is 0 Å². The van der Waals surface area contributed by atoms with Crippen molar-refractivity contribution in [1.82, 2.24) is 0 Å². The second kappa shape index (κ2) is 5.49. The van der Waals surface area contributed by atoms with Crippen molar-refractivity contribution in [2.24, 2.45) is 0 Å². The Bertz CT molecular complexity index is 639. The van der Waals surface area contributed by atoms with Crippen molar-refractivity contribution >= 4 is 21.7 Å². The first-order valence-electron chi connectivity index (χ1n) is 6.39. The Morgan fingerprint density at radius 3 is 2.05 bits per heavy atom. The Balaban J connectivity index is 2.31. The van der Waals surface area contributed by atoms with Crippen LogP contribution in [0.2, 0.25) is 0 Å². The Kier molecular flexibility index (Phi) is 4.09. The lowest BCUT2D eigenvalue weighted by molar-refractivity contribution is 0.103. The topological polar surface area (TPSA) is 17.1 Å². The highest BCUT2D eigenvalue weighted by Crippen LogP contribution is 2.23. The zero-order valence-corrected chi connectivity index (χ0v) is 13.3. The lowest BCUT2D eigenvalue weighted by Gasteiger charge is -2.19. The standard InChI is InChI=1S/C17H16BrFO/c1-17(2,3)13-7-4-11(5-8-13)16(20)12-6-9-14(18)15(19)10-12/h4-10H,1-3H3. The van der Waals surface area contributed by atoms with E-state index in [1.807, 2.05) is 12.1 Å². The molecular weight excluding hydrogens is 319 g/mol. The SMILES string of the molecule is CC(C)(C)c1ccc(C(=O)c2ccc(Br)c(F)c2)cc1. The summed E-state index contributed by atoms with van der Waals surface area (Å²) in [5.41, 5.74) is 2.13. The molecule has 0 bridgehead atoms. The Morgan fingerprint density at radius 2 is 1.55 bits per heavy atom. The lowest BCUT2D eigenvalue weighted by Crippen LogP contribution is -2.11. The Labute approximate surface area is 127 Å². The number of halogens is 2. The van der Waals surface area contributed by atoms with E-state index in [0.29, 0.717) is 15.6 Å². The van der Waals surface area contributed by atoms with Crippen molar-refractivity contribution in [2.45, 2.75) is 26.2 Å². The molecule has 0 fully saturated rings. The summed E-state index contributed by atoms with van der Waals surface area (Å²) in [4.78, 5) is 12.3. The third kappa shape index (κ3) is 3.15. The minimum absolute atomic E-state index is 0.0469. The number of hydrogen-bond donors (Lipinski definition) is 0. The quantitative estimate of drug-likeness (QED) is 0.697. The molecule has 0 spiro atoms. The molecule has 0 amide bonds. The summed E-state index contributed by atoms with van der Waals surface area (Å²) in [6.45, 7) is 6.36. The zero-order valence-electron chi connectivity index (χ0n) is 11.7. The van der Waals surface area contributed by atoms with Crippen molar-refractivity contribution in [3.05, 3.63) is 69.4 Å². The van der Waals surface area contributed by atoms with Crippen molar-refractivity contribution in [3.8, 4) is 0 Å². The van der Waals surface area contributed by atoms with Crippen LogP contribution in [0.25, 0.3) is 0 Å². The number of hydrogen-bond acceptors (Lipinski definition) is 1. The summed E-state index contributed by atoms with van der Waals surface area (Å²) in [7, 11) is 0. The maximum atomic E-state index is 13.5. The molecular formula is C17H16BrFO. The van der Waals surface area contributed by atoms with Gasteiger partial charge in [0.05, 0.1) is 4.47 Å². The van der Waals surface area contributed by atoms with Crippen LogP contribution in [0.15, 0.2) is 46.9 Å². The second-order valence-electron chi connectivity index (χ2n) is 5.79. The Hall–Kier alpha value is -1.48. The molecule has 0 unspecified atom stereocenters. The highest BCUT2D eigenvalue weighted by molar-refractivity contribution is 9.10. The summed E-state index contributed by atoms with van der Waals surface area (Å²) in [6, 6.07) is 11.9. The van der Waals surface area contributed by atoms with E-state index in [0.717, 1.165) is 5.56 Å². The van der Waals surface area contributed by atoms with Gasteiger partial charge in [-0.05, 0) is 45.1 Å². The number of carbonyl (C=O) groups excluding carboxylic acids is 1. The zero-order chi connectivity index (χ0) is 14.9. The highest BCUT2D eigenvalue weighted by Gasteiger charge is 2.15. The van der Waals surface area contributed by atoms with E-state index in [2.05, 4.69) is 36.7 Å². The van der Waals surface area contributed by atoms with Gasteiger partial charge in [-0.1, -0.05) is 45.0 Å². The summed E-state index contributed by atoms with van der Waals surface area (Å²) >= 11 is 3.08. The van der Waals surface area contributed by atoms with E-state index in [9.17, 15) is 9.18 Å². The molecule has 0 saturated heterocycles. The van der Waals surface area contributed by atoms with Gasteiger partial charge in [0.1, 0.15) is 5.82 Å². The molecule has 2 aromatic rings. The van der Waals surface area contributed by atoms with Crippen molar-refractivity contribution in [1.29, 1.82) is 0 Å². The molecule has 0 atom stereocenters. The van der Waals surface area contributed by atoms with Gasteiger partial charge >= 0.3 is 0 Å². The fourth-order valence-corrected chi connectivity index (χ4v) is 2.17. The molecule has 2 aromatic carbocycles. The predicted molar refractivity (Wildman–Crippen MR) is 82.7 cm³/mol. The summed E-state index contributed by atoms with van der Waals surface area (Å²) in [5.74, 6) is -0.598. The molecule has 20 heavy (non-hydrogen) atoms. The maximum absolute atomic E-state index is 13.5. The minimum atomic E-state index is -0.429. The van der Waals surface area contributed by atoms with E-state index >= 15 is 0 Å². The van der Waals surface area contributed by atoms with E-state index in [4.69, 9.17) is 0 Å². The van der Waals surface area contributed by atoms with Crippen LogP contribution in [0, 0.1) is 5.82 Å². The molecule has 0 aromatic heterocycles. The Morgan fingerprint density at radius 1 is 1.00 bits per heavy atom. The largest absolute Gasteiger partial charge is 0.289 e. The summed E-state index contributed by atoms with van der Waals surface area (Å²) in [5, 5.41) is 0. The third-order valence-electron chi connectivity index (χ3n) is 3.19. The van der Waals surface area contributed by atoms with Crippen LogP contribution in [0.4, 0.5) is 4.39 Å². The molecule has 2 rings (SSSR count). The molecule has 0 aliphatic rings. The molecule has 1 nitrogen and oxygen atoms in total. The smallest absolute Gasteiger partial charge is 0.193 e. The first kappa shape index (κ1) is 14.9. The first-order valence-corrected chi connectivity index (χ1v) is 7.18. The van der Waals surface area contributed by atoms with Gasteiger partial charge in [0.15, 0.2) is 5.78 Å². The van der Waals surface area contributed by atoms with Gasteiger partial charge in [-0.2, -0.15) is 0 Å². The molecule has 0 aliphatic carbocycles. The fourth-order valence-electron chi connectivity index (χ4n) is 1.93. The normalized spacial score (nSPS) is 11.4. The fraction of sp³-hybridized carbons (Fsp3) is 0.235. The molecule has 0 N–H and O–H groups in total.